The van der Waals surface area contributed by atoms with Crippen LogP contribution < -0.4 is 20.9 Å². The van der Waals surface area contributed by atoms with Gasteiger partial charge in [-0.2, -0.15) is 5.09 Å². The first-order valence-corrected chi connectivity index (χ1v) is 11.7. The van der Waals surface area contributed by atoms with Gasteiger partial charge in [-0.15, -0.1) is 0 Å². The number of methoxy groups -OCH3 is 1. The molecule has 1 aromatic carbocycles. The molecular weight excluding hydrogens is 476 g/mol. The highest BCUT2D eigenvalue weighted by molar-refractivity contribution is 7.52. The van der Waals surface area contributed by atoms with E-state index in [0.717, 1.165) is 30.9 Å². The fourth-order valence-corrected chi connectivity index (χ4v) is 4.81. The minimum absolute atomic E-state index is 0.149. The molecule has 2 heterocycles. The van der Waals surface area contributed by atoms with Gasteiger partial charge in [0.2, 0.25) is 0 Å². The first-order chi connectivity index (χ1) is 16.0. The predicted octanol–water partition coefficient (Wildman–Crippen LogP) is 0.878. The Labute approximate surface area is 193 Å². The highest BCUT2D eigenvalue weighted by Crippen LogP contribution is 2.47. The van der Waals surface area contributed by atoms with Crippen LogP contribution in [-0.2, 0) is 23.4 Å². The Hall–Kier alpha value is -2.83. The summed E-state index contributed by atoms with van der Waals surface area (Å²) in [5.74, 6) is -0.595. The number of carbonyl (C=O) groups excluding carboxylic acids is 1. The summed E-state index contributed by atoms with van der Waals surface area (Å²) in [6.45, 7) is 1.74. The van der Waals surface area contributed by atoms with Gasteiger partial charge in [0.1, 0.15) is 24.0 Å². The molecule has 1 fully saturated rings. The smallest absolute Gasteiger partial charge is 0.459 e. The Morgan fingerprint density at radius 3 is 2.65 bits per heavy atom. The molecule has 1 aromatic heterocycles. The number of ether oxygens (including phenoxy) is 2. The minimum atomic E-state index is -4.27. The Balaban J connectivity index is 1.80. The lowest BCUT2D eigenvalue weighted by atomic mass is 9.98. The molecule has 2 aromatic rings. The zero-order chi connectivity index (χ0) is 25.1. The molecule has 6 atom stereocenters. The predicted molar refractivity (Wildman–Crippen MR) is 116 cm³/mol. The van der Waals surface area contributed by atoms with Gasteiger partial charge in [-0.25, -0.2) is 13.8 Å². The number of aliphatic hydroxyl groups is 1. The van der Waals surface area contributed by atoms with E-state index in [-0.39, 0.29) is 5.75 Å². The lowest BCUT2D eigenvalue weighted by Crippen LogP contribution is -2.43. The van der Waals surface area contributed by atoms with Crippen molar-refractivity contribution in [1.29, 1.82) is 0 Å². The minimum Gasteiger partial charge on any atom is -0.468 e. The van der Waals surface area contributed by atoms with E-state index in [1.165, 1.54) is 19.1 Å². The van der Waals surface area contributed by atoms with Crippen LogP contribution in [-0.4, -0.2) is 58.3 Å². The van der Waals surface area contributed by atoms with Gasteiger partial charge in [0.05, 0.1) is 13.7 Å². The van der Waals surface area contributed by atoms with Crippen molar-refractivity contribution in [3.05, 3.63) is 63.4 Å². The third kappa shape index (κ3) is 5.62. The monoisotopic (exact) mass is 501 g/mol. The van der Waals surface area contributed by atoms with Gasteiger partial charge in [-0.1, -0.05) is 18.2 Å². The van der Waals surface area contributed by atoms with Gasteiger partial charge < -0.3 is 19.1 Å². The maximum atomic E-state index is 15.4. The molecule has 0 bridgehead atoms. The number of nitrogens with one attached hydrogen (secondary N) is 2. The largest absolute Gasteiger partial charge is 0.468 e. The molecule has 1 aliphatic heterocycles. The molecule has 0 saturated carbocycles. The summed E-state index contributed by atoms with van der Waals surface area (Å²) in [5.41, 5.74) is -4.11. The molecule has 0 radical (unpaired) electrons. The lowest BCUT2D eigenvalue weighted by molar-refractivity contribution is -0.142. The van der Waals surface area contributed by atoms with Gasteiger partial charge in [0, 0.05) is 12.3 Å². The van der Waals surface area contributed by atoms with Crippen LogP contribution >= 0.6 is 7.75 Å². The van der Waals surface area contributed by atoms with E-state index in [0.29, 0.717) is 0 Å². The van der Waals surface area contributed by atoms with E-state index in [4.69, 9.17) is 13.8 Å². The van der Waals surface area contributed by atoms with Crippen LogP contribution in [0.1, 0.15) is 20.1 Å². The second-order valence-electron chi connectivity index (χ2n) is 7.71. The van der Waals surface area contributed by atoms with Crippen molar-refractivity contribution in [2.24, 2.45) is 0 Å². The summed E-state index contributed by atoms with van der Waals surface area (Å²) >= 11 is 0. The van der Waals surface area contributed by atoms with Crippen molar-refractivity contribution < 1.29 is 37.4 Å². The van der Waals surface area contributed by atoms with E-state index in [9.17, 15) is 24.1 Å². The first-order valence-electron chi connectivity index (χ1n) is 10.2. The second kappa shape index (κ2) is 10.2. The fraction of sp³-hybridized carbons (Fsp3) is 0.450. The Morgan fingerprint density at radius 1 is 1.35 bits per heavy atom. The number of aromatic amines is 1. The summed E-state index contributed by atoms with van der Waals surface area (Å²) in [7, 11) is -3.13. The standard InChI is InChI=1S/C20H25FN3O9P/c1-12(17(27)30-3)23-34(29,33-13-7-5-4-6-8-13)31-11-14-16(26)20(2,21)18(32-14)24-10-9-15(25)22-19(24)28/h4-10,12,14,16,18,26H,11H2,1-3H3,(H,23,29)(H,22,25,28)/t12?,14-,16-,18-,20-,34+/m1/s1. The van der Waals surface area contributed by atoms with Gasteiger partial charge in [0.15, 0.2) is 11.9 Å². The number of hydrogen-bond donors (Lipinski definition) is 3. The SMILES string of the molecule is COC(=O)C(C)N[P@](=O)(OC[C@H]1O[C@@H](n2ccc(=O)[nH]c2=O)[C@](C)(F)[C@@H]1O)Oc1ccccc1. The van der Waals surface area contributed by atoms with E-state index in [2.05, 4.69) is 9.82 Å². The number of nitrogens with zero attached hydrogens (tertiary/aromatic N) is 1. The maximum Gasteiger partial charge on any atom is 0.459 e. The number of para-hydroxylation sites is 1. The zero-order valence-electron chi connectivity index (χ0n) is 18.5. The van der Waals surface area contributed by atoms with E-state index >= 15 is 4.39 Å². The van der Waals surface area contributed by atoms with Crippen molar-refractivity contribution in [3.63, 3.8) is 0 Å². The summed E-state index contributed by atoms with van der Waals surface area (Å²) in [5, 5.41) is 12.9. The van der Waals surface area contributed by atoms with Crippen molar-refractivity contribution in [1.82, 2.24) is 14.6 Å². The molecule has 14 heteroatoms. The molecule has 186 valence electrons. The highest BCUT2D eigenvalue weighted by Gasteiger charge is 2.55. The van der Waals surface area contributed by atoms with Gasteiger partial charge >= 0.3 is 19.4 Å². The molecule has 0 aliphatic carbocycles. The Kier molecular flexibility index (Phi) is 7.74. The molecule has 34 heavy (non-hydrogen) atoms. The van der Waals surface area contributed by atoms with Crippen LogP contribution in [0.5, 0.6) is 5.75 Å². The third-order valence-corrected chi connectivity index (χ3v) is 6.75. The molecule has 0 spiro atoms. The van der Waals surface area contributed by atoms with Crippen LogP contribution in [0.2, 0.25) is 0 Å². The zero-order valence-corrected chi connectivity index (χ0v) is 19.4. The van der Waals surface area contributed by atoms with Gasteiger partial charge in [-0.05, 0) is 26.0 Å². The molecule has 0 amide bonds. The topological polar surface area (TPSA) is 158 Å². The quantitative estimate of drug-likeness (QED) is 0.333. The van der Waals surface area contributed by atoms with Crippen LogP contribution in [0.4, 0.5) is 4.39 Å². The van der Waals surface area contributed by atoms with E-state index in [1.54, 1.807) is 18.2 Å². The second-order valence-corrected chi connectivity index (χ2v) is 9.41. The Morgan fingerprint density at radius 2 is 2.03 bits per heavy atom. The van der Waals surface area contributed by atoms with Crippen LogP contribution in [0.3, 0.4) is 0 Å². The molecule has 1 saturated heterocycles. The number of H-pyrrole nitrogens is 1. The number of carbonyl (C=O) groups is 1. The number of alkyl halides is 1. The van der Waals surface area contributed by atoms with Crippen molar-refractivity contribution in [2.75, 3.05) is 13.7 Å². The first kappa shape index (κ1) is 25.8. The van der Waals surface area contributed by atoms with Crippen LogP contribution in [0.25, 0.3) is 0 Å². The molecule has 3 rings (SSSR count). The molecule has 12 nitrogen and oxygen atoms in total. The maximum absolute atomic E-state index is 15.4. The number of aliphatic hydroxyl groups excluding tert-OH is 1. The van der Waals surface area contributed by atoms with Crippen LogP contribution in [0, 0.1) is 0 Å². The molecule has 3 N–H and O–H groups in total. The average Bonchev–Trinajstić information content (AvgIpc) is 3.01. The average molecular weight is 501 g/mol. The van der Waals surface area contributed by atoms with E-state index in [1.807, 2.05) is 4.98 Å². The normalized spacial score (nSPS) is 27.0. The number of benzene rings is 1. The molecule has 1 aliphatic rings. The molecule has 1 unspecified atom stereocenters. The summed E-state index contributed by atoms with van der Waals surface area (Å²) in [6, 6.07) is 7.83. The van der Waals surface area contributed by atoms with Crippen molar-refractivity contribution in [3.8, 4) is 5.75 Å². The number of aromatic nitrogens is 2. The lowest BCUT2D eigenvalue weighted by Gasteiger charge is -2.25. The number of esters is 1. The summed E-state index contributed by atoms with van der Waals surface area (Å²) in [4.78, 5) is 37.2. The van der Waals surface area contributed by atoms with E-state index < -0.39 is 61.7 Å². The summed E-state index contributed by atoms with van der Waals surface area (Å²) in [6.07, 6.45) is -3.78. The molecular formula is C20H25FN3O9P. The van der Waals surface area contributed by atoms with Crippen molar-refractivity contribution >= 4 is 13.7 Å². The number of hydrogen-bond acceptors (Lipinski definition) is 9. The summed E-state index contributed by atoms with van der Waals surface area (Å²) < 4.78 is 50.5. The van der Waals surface area contributed by atoms with Crippen molar-refractivity contribution in [2.45, 2.75) is 44.0 Å². The highest BCUT2D eigenvalue weighted by atomic mass is 31.2. The number of rotatable bonds is 9. The van der Waals surface area contributed by atoms with Gasteiger partial charge in [-0.3, -0.25) is 23.7 Å². The van der Waals surface area contributed by atoms with Crippen LogP contribution in [0.15, 0.2) is 52.2 Å². The number of halogens is 1. The Bertz CT molecular complexity index is 1170. The third-order valence-electron chi connectivity index (χ3n) is 5.10. The fourth-order valence-electron chi connectivity index (χ4n) is 3.31. The van der Waals surface area contributed by atoms with Gasteiger partial charge in [0.25, 0.3) is 5.56 Å².